The van der Waals surface area contributed by atoms with E-state index in [1.165, 1.54) is 0 Å². The van der Waals surface area contributed by atoms with Crippen LogP contribution in [0.3, 0.4) is 0 Å². The Kier molecular flexibility index (Phi) is 5.68. The minimum Gasteiger partial charge on any atom is -0.436 e. The van der Waals surface area contributed by atoms with Crippen LogP contribution in [-0.2, 0) is 6.42 Å². The molecule has 0 saturated heterocycles. The second-order valence-electron chi connectivity index (χ2n) is 7.00. The molecule has 4 aromatic rings. The van der Waals surface area contributed by atoms with Crippen LogP contribution in [0.2, 0.25) is 5.02 Å². The lowest BCUT2D eigenvalue weighted by Crippen LogP contribution is -2.15. The molecule has 0 radical (unpaired) electrons. The lowest BCUT2D eigenvalue weighted by Gasteiger charge is -2.14. The van der Waals surface area contributed by atoms with Crippen LogP contribution >= 0.6 is 11.6 Å². The summed E-state index contributed by atoms with van der Waals surface area (Å²) in [6.45, 7) is 4.07. The Balaban J connectivity index is 1.67. The van der Waals surface area contributed by atoms with Crippen molar-refractivity contribution < 1.29 is 9.21 Å². The number of nitrogens with zero attached hydrogens (tertiary/aromatic N) is 1. The quantitative estimate of drug-likeness (QED) is 0.390. The summed E-state index contributed by atoms with van der Waals surface area (Å²) >= 11 is 5.96. The highest BCUT2D eigenvalue weighted by Gasteiger charge is 2.18. The van der Waals surface area contributed by atoms with Gasteiger partial charge in [-0.2, -0.15) is 0 Å². The Morgan fingerprint density at radius 1 is 1.03 bits per heavy atom. The van der Waals surface area contributed by atoms with Gasteiger partial charge in [-0.15, -0.1) is 0 Å². The first-order valence-corrected chi connectivity index (χ1v) is 10.2. The van der Waals surface area contributed by atoms with Crippen LogP contribution in [-0.4, -0.2) is 10.9 Å². The van der Waals surface area contributed by atoms with E-state index >= 15 is 0 Å². The van der Waals surface area contributed by atoms with Crippen LogP contribution in [0.5, 0.6) is 0 Å². The number of carbonyl (C=O) groups is 1. The fourth-order valence-electron chi connectivity index (χ4n) is 3.40. The highest BCUT2D eigenvalue weighted by atomic mass is 35.5. The third-order valence-corrected chi connectivity index (χ3v) is 5.27. The van der Waals surface area contributed by atoms with Gasteiger partial charge in [0.05, 0.1) is 11.8 Å². The molecule has 0 fully saturated rings. The highest BCUT2D eigenvalue weighted by molar-refractivity contribution is 6.30. The molecule has 30 heavy (non-hydrogen) atoms. The SMILES string of the molecule is CCc1cccc(C)c1NC(=O)c1ccccc1-c1ncc(-c2ccc(Cl)cc2)o1. The third kappa shape index (κ3) is 4.00. The van der Waals surface area contributed by atoms with Gasteiger partial charge in [0.1, 0.15) is 0 Å². The highest BCUT2D eigenvalue weighted by Crippen LogP contribution is 2.30. The molecule has 3 aromatic carbocycles. The van der Waals surface area contributed by atoms with Crippen LogP contribution in [0.25, 0.3) is 22.8 Å². The van der Waals surface area contributed by atoms with Gasteiger partial charge < -0.3 is 9.73 Å². The maximum absolute atomic E-state index is 13.1. The molecule has 4 rings (SSSR count). The van der Waals surface area contributed by atoms with Crippen LogP contribution in [0.1, 0.15) is 28.4 Å². The molecular formula is C25H21ClN2O2. The minimum absolute atomic E-state index is 0.194. The lowest BCUT2D eigenvalue weighted by molar-refractivity contribution is 0.102. The van der Waals surface area contributed by atoms with Gasteiger partial charge in [0.15, 0.2) is 5.76 Å². The summed E-state index contributed by atoms with van der Waals surface area (Å²) in [5.74, 6) is 0.816. The summed E-state index contributed by atoms with van der Waals surface area (Å²) in [7, 11) is 0. The van der Waals surface area contributed by atoms with Crippen molar-refractivity contribution in [2.75, 3.05) is 5.32 Å². The smallest absolute Gasteiger partial charge is 0.256 e. The predicted octanol–water partition coefficient (Wildman–Crippen LogP) is 6.79. The molecule has 5 heteroatoms. The van der Waals surface area contributed by atoms with E-state index in [0.717, 1.165) is 28.8 Å². The number of halogens is 1. The maximum Gasteiger partial charge on any atom is 0.256 e. The average Bonchev–Trinajstić information content (AvgIpc) is 3.25. The van der Waals surface area contributed by atoms with Gasteiger partial charge in [0.2, 0.25) is 5.89 Å². The average molecular weight is 417 g/mol. The van der Waals surface area contributed by atoms with Crippen molar-refractivity contribution in [2.45, 2.75) is 20.3 Å². The van der Waals surface area contributed by atoms with Gasteiger partial charge in [0.25, 0.3) is 5.91 Å². The zero-order chi connectivity index (χ0) is 21.1. The summed E-state index contributed by atoms with van der Waals surface area (Å²) in [5, 5.41) is 3.73. The van der Waals surface area contributed by atoms with Gasteiger partial charge in [-0.05, 0) is 60.9 Å². The maximum atomic E-state index is 13.1. The zero-order valence-corrected chi connectivity index (χ0v) is 17.5. The number of carbonyl (C=O) groups excluding carboxylic acids is 1. The summed E-state index contributed by atoms with van der Waals surface area (Å²) in [5.41, 5.74) is 5.00. The van der Waals surface area contributed by atoms with Crippen molar-refractivity contribution >= 4 is 23.2 Å². The van der Waals surface area contributed by atoms with Crippen LogP contribution in [0.15, 0.2) is 77.3 Å². The first-order valence-electron chi connectivity index (χ1n) is 9.78. The predicted molar refractivity (Wildman–Crippen MR) is 121 cm³/mol. The number of hydrogen-bond donors (Lipinski definition) is 1. The molecule has 0 aliphatic heterocycles. The molecule has 1 aromatic heterocycles. The molecule has 0 unspecified atom stereocenters. The topological polar surface area (TPSA) is 55.1 Å². The number of aromatic nitrogens is 1. The van der Waals surface area contributed by atoms with Crippen LogP contribution in [0, 0.1) is 6.92 Å². The second kappa shape index (κ2) is 8.56. The largest absolute Gasteiger partial charge is 0.436 e. The summed E-state index contributed by atoms with van der Waals surface area (Å²) in [6.07, 6.45) is 2.49. The number of hydrogen-bond acceptors (Lipinski definition) is 3. The Bertz CT molecular complexity index is 1200. The third-order valence-electron chi connectivity index (χ3n) is 5.02. The van der Waals surface area contributed by atoms with Crippen molar-refractivity contribution in [3.05, 3.63) is 94.6 Å². The van der Waals surface area contributed by atoms with E-state index in [1.807, 2.05) is 55.5 Å². The number of aryl methyl sites for hydroxylation is 2. The van der Waals surface area contributed by atoms with Gasteiger partial charge in [-0.1, -0.05) is 48.9 Å². The minimum atomic E-state index is -0.194. The Morgan fingerprint density at radius 2 is 1.80 bits per heavy atom. The fourth-order valence-corrected chi connectivity index (χ4v) is 3.52. The number of amides is 1. The summed E-state index contributed by atoms with van der Waals surface area (Å²) in [4.78, 5) is 17.6. The molecule has 0 bridgehead atoms. The number of benzene rings is 3. The van der Waals surface area contributed by atoms with E-state index in [-0.39, 0.29) is 5.91 Å². The van der Waals surface area contributed by atoms with Gasteiger partial charge in [0, 0.05) is 21.8 Å². The molecule has 0 spiro atoms. The Morgan fingerprint density at radius 3 is 2.57 bits per heavy atom. The van der Waals surface area contributed by atoms with E-state index < -0.39 is 0 Å². The monoisotopic (exact) mass is 416 g/mol. The summed E-state index contributed by atoms with van der Waals surface area (Å²) < 4.78 is 5.97. The molecule has 4 nitrogen and oxygen atoms in total. The van der Waals surface area contributed by atoms with E-state index in [0.29, 0.717) is 27.8 Å². The molecular weight excluding hydrogens is 396 g/mol. The molecule has 150 valence electrons. The van der Waals surface area contributed by atoms with Crippen molar-refractivity contribution in [2.24, 2.45) is 0 Å². The van der Waals surface area contributed by atoms with Crippen LogP contribution in [0.4, 0.5) is 5.69 Å². The molecule has 1 amide bonds. The fraction of sp³-hybridized carbons (Fsp3) is 0.120. The molecule has 1 N–H and O–H groups in total. The second-order valence-corrected chi connectivity index (χ2v) is 7.44. The standard InChI is InChI=1S/C25H21ClN2O2/c1-3-17-8-6-7-16(2)23(17)28-24(29)20-9-4-5-10-21(20)25-27-15-22(30-25)18-11-13-19(26)14-12-18/h4-15H,3H2,1-2H3,(H,28,29). The lowest BCUT2D eigenvalue weighted by atomic mass is 10.0. The van der Waals surface area contributed by atoms with Gasteiger partial charge >= 0.3 is 0 Å². The zero-order valence-electron chi connectivity index (χ0n) is 16.8. The van der Waals surface area contributed by atoms with E-state index in [2.05, 4.69) is 17.2 Å². The number of rotatable bonds is 5. The van der Waals surface area contributed by atoms with Gasteiger partial charge in [-0.25, -0.2) is 4.98 Å². The van der Waals surface area contributed by atoms with Gasteiger partial charge in [-0.3, -0.25) is 4.79 Å². The number of oxazole rings is 1. The van der Waals surface area contributed by atoms with E-state index in [4.69, 9.17) is 16.0 Å². The Labute approximate surface area is 180 Å². The normalized spacial score (nSPS) is 10.8. The first kappa shape index (κ1) is 19.9. The number of para-hydroxylation sites is 1. The molecule has 0 atom stereocenters. The molecule has 0 aliphatic rings. The molecule has 0 aliphatic carbocycles. The Hall–Kier alpha value is -3.37. The van der Waals surface area contributed by atoms with Crippen LogP contribution < -0.4 is 5.32 Å². The number of nitrogens with one attached hydrogen (secondary N) is 1. The summed E-state index contributed by atoms with van der Waals surface area (Å²) in [6, 6.07) is 20.7. The van der Waals surface area contributed by atoms with Crippen molar-refractivity contribution in [1.82, 2.24) is 4.98 Å². The number of anilines is 1. The molecule has 1 heterocycles. The molecule has 0 saturated carbocycles. The van der Waals surface area contributed by atoms with E-state index in [9.17, 15) is 4.79 Å². The van der Waals surface area contributed by atoms with E-state index in [1.54, 1.807) is 24.4 Å². The van der Waals surface area contributed by atoms with Crippen molar-refractivity contribution in [3.8, 4) is 22.8 Å². The van der Waals surface area contributed by atoms with Crippen molar-refractivity contribution in [1.29, 1.82) is 0 Å². The first-order chi connectivity index (χ1) is 14.6. The van der Waals surface area contributed by atoms with Crippen molar-refractivity contribution in [3.63, 3.8) is 0 Å².